The largest absolute Gasteiger partial charge is 0.462 e. The highest BCUT2D eigenvalue weighted by Gasteiger charge is 2.09. The molecule has 0 bridgehead atoms. The lowest BCUT2D eigenvalue weighted by atomic mass is 10.2. The summed E-state index contributed by atoms with van der Waals surface area (Å²) in [5.74, 6) is -0.356. The number of ether oxygens (including phenoxy) is 1. The molecule has 0 unspecified atom stereocenters. The van der Waals surface area contributed by atoms with E-state index in [1.807, 2.05) is 0 Å². The van der Waals surface area contributed by atoms with Crippen LogP contribution < -0.4 is 5.32 Å². The van der Waals surface area contributed by atoms with Crippen LogP contribution in [0.1, 0.15) is 37.0 Å². The number of nitrogens with one attached hydrogen (secondary N) is 1. The molecule has 2 amide bonds. The smallest absolute Gasteiger partial charge is 0.338 e. The summed E-state index contributed by atoms with van der Waals surface area (Å²) < 4.78 is 4.90. The lowest BCUT2D eigenvalue weighted by Gasteiger charge is -2.17. The summed E-state index contributed by atoms with van der Waals surface area (Å²) in [4.78, 5) is 25.0. The summed E-state index contributed by atoms with van der Waals surface area (Å²) in [6.45, 7) is 4.92. The average molecular weight is 278 g/mol. The fourth-order valence-corrected chi connectivity index (χ4v) is 1.62. The van der Waals surface area contributed by atoms with E-state index in [1.54, 1.807) is 43.1 Å². The third-order valence-corrected chi connectivity index (χ3v) is 2.84. The van der Waals surface area contributed by atoms with Gasteiger partial charge < -0.3 is 15.0 Å². The van der Waals surface area contributed by atoms with E-state index in [4.69, 9.17) is 4.74 Å². The number of carbonyl (C=O) groups is 2. The van der Waals surface area contributed by atoms with Gasteiger partial charge in [-0.3, -0.25) is 0 Å². The SMILES string of the molecule is CCCCN(C)C(=O)Nc1ccc(C(=O)OCC)cc1. The Balaban J connectivity index is 2.56. The molecule has 110 valence electrons. The minimum absolute atomic E-state index is 0.151. The maximum atomic E-state index is 11.9. The van der Waals surface area contributed by atoms with E-state index in [0.29, 0.717) is 17.9 Å². The Bertz CT molecular complexity index is 443. The van der Waals surface area contributed by atoms with Gasteiger partial charge in [0.1, 0.15) is 0 Å². The number of rotatable bonds is 6. The Hall–Kier alpha value is -2.04. The van der Waals surface area contributed by atoms with E-state index in [-0.39, 0.29) is 12.0 Å². The molecule has 0 saturated carbocycles. The van der Waals surface area contributed by atoms with Gasteiger partial charge in [-0.2, -0.15) is 0 Å². The second kappa shape index (κ2) is 8.19. The van der Waals surface area contributed by atoms with Crippen LogP contribution in [0.5, 0.6) is 0 Å². The van der Waals surface area contributed by atoms with Gasteiger partial charge in [0.25, 0.3) is 0 Å². The standard InChI is InChI=1S/C15H22N2O3/c1-4-6-11-17(3)15(19)16-13-9-7-12(8-10-13)14(18)20-5-2/h7-10H,4-6,11H2,1-3H3,(H,16,19). The molecule has 1 aromatic carbocycles. The third kappa shape index (κ3) is 4.91. The van der Waals surface area contributed by atoms with Crippen molar-refractivity contribution in [2.45, 2.75) is 26.7 Å². The summed E-state index contributed by atoms with van der Waals surface area (Å²) >= 11 is 0. The number of hydrogen-bond donors (Lipinski definition) is 1. The van der Waals surface area contributed by atoms with Crippen molar-refractivity contribution in [3.05, 3.63) is 29.8 Å². The van der Waals surface area contributed by atoms with Crippen LogP contribution in [-0.4, -0.2) is 37.1 Å². The number of amides is 2. The van der Waals surface area contributed by atoms with Crippen molar-refractivity contribution in [2.24, 2.45) is 0 Å². The number of benzene rings is 1. The van der Waals surface area contributed by atoms with Gasteiger partial charge in [-0.15, -0.1) is 0 Å². The maximum Gasteiger partial charge on any atom is 0.338 e. The quantitative estimate of drug-likeness (QED) is 0.813. The van der Waals surface area contributed by atoms with E-state index in [1.165, 1.54) is 0 Å². The Morgan fingerprint density at radius 2 is 1.85 bits per heavy atom. The first kappa shape index (κ1) is 16.0. The monoisotopic (exact) mass is 278 g/mol. The van der Waals surface area contributed by atoms with Crippen LogP contribution >= 0.6 is 0 Å². The van der Waals surface area contributed by atoms with E-state index in [2.05, 4.69) is 12.2 Å². The summed E-state index contributed by atoms with van der Waals surface area (Å²) in [5, 5.41) is 2.78. The van der Waals surface area contributed by atoms with E-state index < -0.39 is 0 Å². The number of urea groups is 1. The Kier molecular flexibility index (Phi) is 6.56. The molecule has 0 aromatic heterocycles. The molecule has 0 fully saturated rings. The Morgan fingerprint density at radius 1 is 1.20 bits per heavy atom. The lowest BCUT2D eigenvalue weighted by molar-refractivity contribution is 0.0526. The minimum Gasteiger partial charge on any atom is -0.462 e. The molecule has 1 N–H and O–H groups in total. The first-order chi connectivity index (χ1) is 9.58. The predicted molar refractivity (Wildman–Crippen MR) is 79.0 cm³/mol. The van der Waals surface area contributed by atoms with Crippen LogP contribution in [0, 0.1) is 0 Å². The zero-order chi connectivity index (χ0) is 15.0. The second-order valence-electron chi connectivity index (χ2n) is 4.50. The van der Waals surface area contributed by atoms with Gasteiger partial charge in [0.05, 0.1) is 12.2 Å². The van der Waals surface area contributed by atoms with Gasteiger partial charge in [0, 0.05) is 19.3 Å². The number of esters is 1. The molecular weight excluding hydrogens is 256 g/mol. The fourth-order valence-electron chi connectivity index (χ4n) is 1.62. The van der Waals surface area contributed by atoms with Crippen LogP contribution in [0.2, 0.25) is 0 Å². The number of hydrogen-bond acceptors (Lipinski definition) is 3. The van der Waals surface area contributed by atoms with Gasteiger partial charge in [0.2, 0.25) is 0 Å². The van der Waals surface area contributed by atoms with Gasteiger partial charge in [-0.05, 0) is 37.6 Å². The minimum atomic E-state index is -0.356. The fraction of sp³-hybridized carbons (Fsp3) is 0.467. The molecule has 20 heavy (non-hydrogen) atoms. The molecule has 0 spiro atoms. The van der Waals surface area contributed by atoms with Gasteiger partial charge in [-0.25, -0.2) is 9.59 Å². The topological polar surface area (TPSA) is 58.6 Å². The zero-order valence-electron chi connectivity index (χ0n) is 12.3. The van der Waals surface area contributed by atoms with Crippen molar-refractivity contribution < 1.29 is 14.3 Å². The summed E-state index contributed by atoms with van der Waals surface area (Å²) in [6.07, 6.45) is 2.03. The van der Waals surface area contributed by atoms with E-state index in [0.717, 1.165) is 19.4 Å². The number of anilines is 1. The molecule has 0 heterocycles. The normalized spacial score (nSPS) is 9.95. The molecule has 0 atom stereocenters. The number of carbonyl (C=O) groups excluding carboxylic acids is 2. The first-order valence-corrected chi connectivity index (χ1v) is 6.87. The lowest BCUT2D eigenvalue weighted by Crippen LogP contribution is -2.32. The summed E-state index contributed by atoms with van der Waals surface area (Å²) in [7, 11) is 1.76. The predicted octanol–water partition coefficient (Wildman–Crippen LogP) is 3.13. The van der Waals surface area contributed by atoms with E-state index >= 15 is 0 Å². The average Bonchev–Trinajstić information content (AvgIpc) is 2.45. The molecule has 0 aliphatic carbocycles. The molecule has 5 heteroatoms. The molecule has 5 nitrogen and oxygen atoms in total. The van der Waals surface area contributed by atoms with Crippen molar-refractivity contribution in [1.82, 2.24) is 4.90 Å². The van der Waals surface area contributed by atoms with E-state index in [9.17, 15) is 9.59 Å². The number of nitrogens with zero attached hydrogens (tertiary/aromatic N) is 1. The molecular formula is C15H22N2O3. The highest BCUT2D eigenvalue weighted by atomic mass is 16.5. The highest BCUT2D eigenvalue weighted by Crippen LogP contribution is 2.11. The van der Waals surface area contributed by atoms with Crippen molar-refractivity contribution in [2.75, 3.05) is 25.5 Å². The first-order valence-electron chi connectivity index (χ1n) is 6.87. The van der Waals surface area contributed by atoms with Crippen LogP contribution in [0.25, 0.3) is 0 Å². The molecule has 0 saturated heterocycles. The van der Waals surface area contributed by atoms with Crippen molar-refractivity contribution in [3.63, 3.8) is 0 Å². The molecule has 0 aliphatic rings. The number of unbranched alkanes of at least 4 members (excludes halogenated alkanes) is 1. The third-order valence-electron chi connectivity index (χ3n) is 2.84. The van der Waals surface area contributed by atoms with Gasteiger partial charge >= 0.3 is 12.0 Å². The van der Waals surface area contributed by atoms with Crippen molar-refractivity contribution in [1.29, 1.82) is 0 Å². The van der Waals surface area contributed by atoms with Crippen molar-refractivity contribution >= 4 is 17.7 Å². The summed E-state index contributed by atoms with van der Waals surface area (Å²) in [5.41, 5.74) is 1.13. The van der Waals surface area contributed by atoms with Gasteiger partial charge in [0.15, 0.2) is 0 Å². The van der Waals surface area contributed by atoms with Crippen LogP contribution in [-0.2, 0) is 4.74 Å². The van der Waals surface area contributed by atoms with Crippen LogP contribution in [0.3, 0.4) is 0 Å². The Morgan fingerprint density at radius 3 is 2.40 bits per heavy atom. The Labute approximate surface area is 119 Å². The van der Waals surface area contributed by atoms with Gasteiger partial charge in [-0.1, -0.05) is 13.3 Å². The molecule has 1 rings (SSSR count). The molecule has 1 aromatic rings. The van der Waals surface area contributed by atoms with Crippen LogP contribution in [0.4, 0.5) is 10.5 Å². The molecule has 0 radical (unpaired) electrons. The zero-order valence-corrected chi connectivity index (χ0v) is 12.3. The molecule has 0 aliphatic heterocycles. The maximum absolute atomic E-state index is 11.9. The highest BCUT2D eigenvalue weighted by molar-refractivity contribution is 5.92. The second-order valence-corrected chi connectivity index (χ2v) is 4.50. The van der Waals surface area contributed by atoms with Crippen molar-refractivity contribution in [3.8, 4) is 0 Å². The summed E-state index contributed by atoms with van der Waals surface area (Å²) in [6, 6.07) is 6.51. The van der Waals surface area contributed by atoms with Crippen LogP contribution in [0.15, 0.2) is 24.3 Å².